The Morgan fingerprint density at radius 2 is 2.07 bits per heavy atom. The van der Waals surface area contributed by atoms with E-state index in [1.54, 1.807) is 18.2 Å². The van der Waals surface area contributed by atoms with E-state index in [-0.39, 0.29) is 24.9 Å². The Morgan fingerprint density at radius 3 is 2.70 bits per heavy atom. The normalized spacial score (nSPS) is 14.5. The summed E-state index contributed by atoms with van der Waals surface area (Å²) < 4.78 is 28.0. The minimum atomic E-state index is -3.01. The summed E-state index contributed by atoms with van der Waals surface area (Å²) >= 11 is 12.0. The minimum Gasteiger partial charge on any atom is -0.489 e. The third-order valence-corrected chi connectivity index (χ3v) is 5.24. The van der Waals surface area contributed by atoms with Gasteiger partial charge in [0.05, 0.1) is 17.3 Å². The van der Waals surface area contributed by atoms with Crippen molar-refractivity contribution >= 4 is 39.0 Å². The summed E-state index contributed by atoms with van der Waals surface area (Å²) in [5, 5.41) is 16.9. The van der Waals surface area contributed by atoms with Crippen LogP contribution in [0.25, 0.3) is 0 Å². The number of aliphatic hydroxyl groups excluding tert-OH is 1. The Bertz CT molecular complexity index is 729. The molecule has 10 heteroatoms. The number of benzene rings is 1. The number of rotatable bonds is 10. The van der Waals surface area contributed by atoms with Crippen LogP contribution in [0.5, 0.6) is 5.75 Å². The fourth-order valence-electron chi connectivity index (χ4n) is 2.05. The number of hydrogen-bond acceptors (Lipinski definition) is 5. The predicted molar refractivity (Wildman–Crippen MR) is 111 cm³/mol. The van der Waals surface area contributed by atoms with Crippen molar-refractivity contribution in [3.05, 3.63) is 28.2 Å². The topological polar surface area (TPSA) is 100 Å². The maximum atomic E-state index is 11.3. The molecule has 0 heterocycles. The molecule has 2 atom stereocenters. The molecule has 0 aliphatic carbocycles. The van der Waals surface area contributed by atoms with E-state index < -0.39 is 15.9 Å². The SMILES string of the molecule is CCNC(=NCC(O)COc1cccc(Cl)c1Cl)NC(C)CCS(C)(=O)=O. The van der Waals surface area contributed by atoms with Gasteiger partial charge in [0, 0.05) is 18.8 Å². The van der Waals surface area contributed by atoms with Gasteiger partial charge < -0.3 is 20.5 Å². The van der Waals surface area contributed by atoms with E-state index in [1.807, 2.05) is 13.8 Å². The molecule has 0 aromatic heterocycles. The molecule has 2 unspecified atom stereocenters. The van der Waals surface area contributed by atoms with E-state index >= 15 is 0 Å². The number of aliphatic hydroxyl groups is 1. The quantitative estimate of drug-likeness (QED) is 0.381. The van der Waals surface area contributed by atoms with Crippen LogP contribution in [0.1, 0.15) is 20.3 Å². The van der Waals surface area contributed by atoms with Crippen LogP contribution in [-0.2, 0) is 9.84 Å². The number of nitrogens with zero attached hydrogens (tertiary/aromatic N) is 1. The number of ether oxygens (including phenoxy) is 1. The van der Waals surface area contributed by atoms with E-state index in [0.717, 1.165) is 0 Å². The molecule has 0 amide bonds. The number of nitrogens with one attached hydrogen (secondary N) is 2. The molecule has 0 aliphatic rings. The van der Waals surface area contributed by atoms with Gasteiger partial charge in [-0.05, 0) is 32.4 Å². The van der Waals surface area contributed by atoms with E-state index in [2.05, 4.69) is 15.6 Å². The molecule has 0 bridgehead atoms. The van der Waals surface area contributed by atoms with Gasteiger partial charge in [-0.3, -0.25) is 4.99 Å². The molecule has 1 aromatic carbocycles. The van der Waals surface area contributed by atoms with Gasteiger partial charge in [0.25, 0.3) is 0 Å². The molecule has 154 valence electrons. The third-order valence-electron chi connectivity index (χ3n) is 3.46. The molecule has 0 saturated heterocycles. The van der Waals surface area contributed by atoms with Gasteiger partial charge in [0.1, 0.15) is 33.3 Å². The van der Waals surface area contributed by atoms with Crippen molar-refractivity contribution in [3.63, 3.8) is 0 Å². The third kappa shape index (κ3) is 10.0. The average Bonchev–Trinajstić information content (AvgIpc) is 2.59. The van der Waals surface area contributed by atoms with Crippen molar-refractivity contribution in [2.75, 3.05) is 31.7 Å². The van der Waals surface area contributed by atoms with Gasteiger partial charge in [-0.1, -0.05) is 29.3 Å². The molecule has 0 spiro atoms. The maximum absolute atomic E-state index is 11.3. The lowest BCUT2D eigenvalue weighted by molar-refractivity contribution is 0.114. The van der Waals surface area contributed by atoms with Gasteiger partial charge in [-0.25, -0.2) is 8.42 Å². The summed E-state index contributed by atoms with van der Waals surface area (Å²) in [5.74, 6) is 0.988. The summed E-state index contributed by atoms with van der Waals surface area (Å²) in [6.07, 6.45) is 0.825. The molecule has 1 aromatic rings. The highest BCUT2D eigenvalue weighted by atomic mass is 35.5. The molecule has 3 N–H and O–H groups in total. The number of aliphatic imine (C=N–C) groups is 1. The average molecular weight is 440 g/mol. The fourth-order valence-corrected chi connectivity index (χ4v) is 3.18. The lowest BCUT2D eigenvalue weighted by Crippen LogP contribution is -2.43. The first-order chi connectivity index (χ1) is 12.6. The summed E-state index contributed by atoms with van der Waals surface area (Å²) in [6, 6.07) is 4.94. The first kappa shape index (κ1) is 23.8. The van der Waals surface area contributed by atoms with E-state index in [4.69, 9.17) is 27.9 Å². The number of sulfone groups is 1. The highest BCUT2D eigenvalue weighted by molar-refractivity contribution is 7.90. The van der Waals surface area contributed by atoms with Crippen molar-refractivity contribution in [3.8, 4) is 5.75 Å². The van der Waals surface area contributed by atoms with Crippen molar-refractivity contribution in [1.82, 2.24) is 10.6 Å². The van der Waals surface area contributed by atoms with Crippen molar-refractivity contribution in [1.29, 1.82) is 0 Å². The minimum absolute atomic E-state index is 0.00655. The van der Waals surface area contributed by atoms with Crippen LogP contribution in [0.4, 0.5) is 0 Å². The maximum Gasteiger partial charge on any atom is 0.191 e. The highest BCUT2D eigenvalue weighted by Gasteiger charge is 2.12. The molecular weight excluding hydrogens is 413 g/mol. The Kier molecular flexibility index (Phi) is 10.2. The van der Waals surface area contributed by atoms with Crippen LogP contribution < -0.4 is 15.4 Å². The molecule has 0 fully saturated rings. The second-order valence-corrected chi connectivity index (χ2v) is 9.25. The molecule has 0 radical (unpaired) electrons. The molecule has 1 rings (SSSR count). The smallest absolute Gasteiger partial charge is 0.191 e. The Hall–Kier alpha value is -1.22. The molecule has 0 aliphatic heterocycles. The standard InChI is InChI=1S/C17H27Cl2N3O4S/c1-4-20-17(22-12(2)8-9-27(3,24)25)21-10-13(23)11-26-15-7-5-6-14(18)16(15)19/h5-7,12-13,23H,4,8-11H2,1-3H3,(H2,20,21,22). The zero-order valence-electron chi connectivity index (χ0n) is 15.7. The van der Waals surface area contributed by atoms with Gasteiger partial charge >= 0.3 is 0 Å². The molecular formula is C17H27Cl2N3O4S. The van der Waals surface area contributed by atoms with Gasteiger partial charge in [0.2, 0.25) is 0 Å². The Balaban J connectivity index is 2.54. The summed E-state index contributed by atoms with van der Waals surface area (Å²) in [4.78, 5) is 4.31. The molecule has 27 heavy (non-hydrogen) atoms. The Labute approximate surface area is 171 Å². The zero-order valence-corrected chi connectivity index (χ0v) is 18.0. The van der Waals surface area contributed by atoms with Crippen molar-refractivity contribution in [2.45, 2.75) is 32.4 Å². The lowest BCUT2D eigenvalue weighted by Gasteiger charge is -2.18. The van der Waals surface area contributed by atoms with Gasteiger partial charge in [0.15, 0.2) is 5.96 Å². The van der Waals surface area contributed by atoms with E-state index in [1.165, 1.54) is 6.26 Å². The van der Waals surface area contributed by atoms with Crippen LogP contribution in [-0.4, -0.2) is 63.3 Å². The first-order valence-electron chi connectivity index (χ1n) is 8.59. The number of hydrogen-bond donors (Lipinski definition) is 3. The number of halogens is 2. The number of guanidine groups is 1. The first-order valence-corrected chi connectivity index (χ1v) is 11.4. The second-order valence-electron chi connectivity index (χ2n) is 6.20. The monoisotopic (exact) mass is 439 g/mol. The highest BCUT2D eigenvalue weighted by Crippen LogP contribution is 2.31. The van der Waals surface area contributed by atoms with E-state index in [0.29, 0.717) is 34.7 Å². The van der Waals surface area contributed by atoms with Crippen molar-refractivity contribution in [2.24, 2.45) is 4.99 Å². The molecule has 7 nitrogen and oxygen atoms in total. The van der Waals surface area contributed by atoms with Crippen LogP contribution >= 0.6 is 23.2 Å². The fraction of sp³-hybridized carbons (Fsp3) is 0.588. The summed E-state index contributed by atoms with van der Waals surface area (Å²) in [5.41, 5.74) is 0. The second kappa shape index (κ2) is 11.6. The van der Waals surface area contributed by atoms with E-state index in [9.17, 15) is 13.5 Å². The van der Waals surface area contributed by atoms with Crippen LogP contribution in [0.2, 0.25) is 10.0 Å². The molecule has 0 saturated carbocycles. The summed E-state index contributed by atoms with van der Waals surface area (Å²) in [7, 11) is -3.01. The van der Waals surface area contributed by atoms with Crippen molar-refractivity contribution < 1.29 is 18.3 Å². The van der Waals surface area contributed by atoms with Crippen LogP contribution in [0.15, 0.2) is 23.2 Å². The van der Waals surface area contributed by atoms with Gasteiger partial charge in [-0.15, -0.1) is 0 Å². The Morgan fingerprint density at radius 1 is 1.37 bits per heavy atom. The predicted octanol–water partition coefficient (Wildman–Crippen LogP) is 2.11. The zero-order chi connectivity index (χ0) is 20.4. The summed E-state index contributed by atoms with van der Waals surface area (Å²) in [6.45, 7) is 4.53. The largest absolute Gasteiger partial charge is 0.489 e. The van der Waals surface area contributed by atoms with Crippen LogP contribution in [0, 0.1) is 0 Å². The lowest BCUT2D eigenvalue weighted by atomic mass is 10.3. The van der Waals surface area contributed by atoms with Crippen LogP contribution in [0.3, 0.4) is 0 Å². The van der Waals surface area contributed by atoms with Gasteiger partial charge in [-0.2, -0.15) is 0 Å².